The lowest BCUT2D eigenvalue weighted by Crippen LogP contribution is -1.93. The number of rotatable bonds is 2. The standard InChI is InChI=1S/C7H12N2S/c1-4-6-7(5(2)3)9-10-8-6/h5H,4H2,1-3H3. The van der Waals surface area contributed by atoms with E-state index in [1.165, 1.54) is 23.1 Å². The van der Waals surface area contributed by atoms with E-state index in [1.54, 1.807) is 0 Å². The quantitative estimate of drug-likeness (QED) is 0.656. The van der Waals surface area contributed by atoms with Gasteiger partial charge in [0.05, 0.1) is 23.1 Å². The fourth-order valence-corrected chi connectivity index (χ4v) is 1.66. The van der Waals surface area contributed by atoms with E-state index in [2.05, 4.69) is 29.5 Å². The average Bonchev–Trinajstić information content (AvgIpc) is 2.33. The predicted octanol–water partition coefficient (Wildman–Crippen LogP) is 2.22. The minimum absolute atomic E-state index is 0.522. The monoisotopic (exact) mass is 156 g/mol. The SMILES string of the molecule is CCc1nsnc1C(C)C. The normalized spacial score (nSPS) is 10.8. The van der Waals surface area contributed by atoms with Crippen LogP contribution in [-0.2, 0) is 6.42 Å². The molecule has 0 aliphatic heterocycles. The first-order valence-electron chi connectivity index (χ1n) is 3.57. The maximum Gasteiger partial charge on any atom is 0.0800 e. The molecule has 10 heavy (non-hydrogen) atoms. The van der Waals surface area contributed by atoms with Gasteiger partial charge >= 0.3 is 0 Å². The van der Waals surface area contributed by atoms with Gasteiger partial charge in [0, 0.05) is 0 Å². The van der Waals surface area contributed by atoms with Crippen LogP contribution in [0.5, 0.6) is 0 Å². The summed E-state index contributed by atoms with van der Waals surface area (Å²) in [5.74, 6) is 0.522. The van der Waals surface area contributed by atoms with Gasteiger partial charge in [-0.15, -0.1) is 0 Å². The third-order valence-electron chi connectivity index (χ3n) is 1.47. The molecule has 3 heteroatoms. The first-order valence-corrected chi connectivity index (χ1v) is 4.30. The van der Waals surface area contributed by atoms with Gasteiger partial charge < -0.3 is 0 Å². The molecule has 0 unspecified atom stereocenters. The Labute approximate surface area is 65.6 Å². The summed E-state index contributed by atoms with van der Waals surface area (Å²) in [7, 11) is 0. The van der Waals surface area contributed by atoms with Crippen LogP contribution in [0.25, 0.3) is 0 Å². The van der Waals surface area contributed by atoms with E-state index in [-0.39, 0.29) is 0 Å². The Morgan fingerprint density at radius 1 is 1.40 bits per heavy atom. The number of hydrogen-bond acceptors (Lipinski definition) is 3. The molecule has 1 aromatic rings. The predicted molar refractivity (Wildman–Crippen MR) is 43.4 cm³/mol. The lowest BCUT2D eigenvalue weighted by Gasteiger charge is -1.99. The van der Waals surface area contributed by atoms with Gasteiger partial charge in [-0.05, 0) is 12.3 Å². The summed E-state index contributed by atoms with van der Waals surface area (Å²) < 4.78 is 8.40. The molecule has 0 bridgehead atoms. The van der Waals surface area contributed by atoms with Crippen molar-refractivity contribution in [2.24, 2.45) is 0 Å². The second-order valence-corrected chi connectivity index (χ2v) is 3.13. The lowest BCUT2D eigenvalue weighted by atomic mass is 10.1. The summed E-state index contributed by atoms with van der Waals surface area (Å²) in [4.78, 5) is 0. The van der Waals surface area contributed by atoms with Crippen LogP contribution >= 0.6 is 11.7 Å². The fourth-order valence-electron chi connectivity index (χ4n) is 0.897. The molecular weight excluding hydrogens is 144 g/mol. The molecule has 0 N–H and O–H groups in total. The Morgan fingerprint density at radius 3 is 2.50 bits per heavy atom. The van der Waals surface area contributed by atoms with Crippen molar-refractivity contribution in [3.63, 3.8) is 0 Å². The van der Waals surface area contributed by atoms with Crippen LogP contribution in [0.15, 0.2) is 0 Å². The summed E-state index contributed by atoms with van der Waals surface area (Å²) in [6.07, 6.45) is 1.00. The minimum Gasteiger partial charge on any atom is -0.178 e. The second-order valence-electron chi connectivity index (χ2n) is 2.60. The van der Waals surface area contributed by atoms with Gasteiger partial charge in [0.2, 0.25) is 0 Å². The molecule has 1 aromatic heterocycles. The average molecular weight is 156 g/mol. The highest BCUT2D eigenvalue weighted by Crippen LogP contribution is 2.16. The summed E-state index contributed by atoms with van der Waals surface area (Å²) in [5, 5.41) is 0. The van der Waals surface area contributed by atoms with Crippen LogP contribution in [0, 0.1) is 0 Å². The molecule has 1 rings (SSSR count). The number of aryl methyl sites for hydroxylation is 1. The molecule has 0 spiro atoms. The molecule has 0 fully saturated rings. The van der Waals surface area contributed by atoms with Crippen LogP contribution in [0.4, 0.5) is 0 Å². The van der Waals surface area contributed by atoms with Crippen molar-refractivity contribution in [1.82, 2.24) is 8.75 Å². The summed E-state index contributed by atoms with van der Waals surface area (Å²) in [5.41, 5.74) is 2.34. The number of aromatic nitrogens is 2. The van der Waals surface area contributed by atoms with E-state index < -0.39 is 0 Å². The smallest absolute Gasteiger partial charge is 0.0800 e. The highest BCUT2D eigenvalue weighted by Gasteiger charge is 2.08. The van der Waals surface area contributed by atoms with Gasteiger partial charge in [-0.1, -0.05) is 20.8 Å². The molecule has 0 aliphatic rings. The van der Waals surface area contributed by atoms with Crippen LogP contribution in [0.1, 0.15) is 38.1 Å². The van der Waals surface area contributed by atoms with E-state index in [9.17, 15) is 0 Å². The van der Waals surface area contributed by atoms with Crippen molar-refractivity contribution in [3.8, 4) is 0 Å². The first kappa shape index (κ1) is 7.66. The van der Waals surface area contributed by atoms with Crippen molar-refractivity contribution in [2.75, 3.05) is 0 Å². The van der Waals surface area contributed by atoms with Crippen LogP contribution in [-0.4, -0.2) is 8.75 Å². The highest BCUT2D eigenvalue weighted by atomic mass is 32.1. The molecule has 2 nitrogen and oxygen atoms in total. The largest absolute Gasteiger partial charge is 0.178 e. The number of hydrogen-bond donors (Lipinski definition) is 0. The fraction of sp³-hybridized carbons (Fsp3) is 0.714. The summed E-state index contributed by atoms with van der Waals surface area (Å²) in [6.45, 7) is 6.41. The van der Waals surface area contributed by atoms with E-state index >= 15 is 0 Å². The zero-order valence-electron chi connectivity index (χ0n) is 6.59. The molecule has 0 aromatic carbocycles. The zero-order valence-corrected chi connectivity index (χ0v) is 7.40. The van der Waals surface area contributed by atoms with E-state index in [1.807, 2.05) is 0 Å². The van der Waals surface area contributed by atoms with Crippen LogP contribution in [0.3, 0.4) is 0 Å². The van der Waals surface area contributed by atoms with Gasteiger partial charge in [-0.3, -0.25) is 0 Å². The molecule has 0 saturated heterocycles. The van der Waals surface area contributed by atoms with E-state index in [0.717, 1.165) is 6.42 Å². The molecule has 1 heterocycles. The topological polar surface area (TPSA) is 25.8 Å². The summed E-state index contributed by atoms with van der Waals surface area (Å²) >= 11 is 1.32. The summed E-state index contributed by atoms with van der Waals surface area (Å²) in [6, 6.07) is 0. The van der Waals surface area contributed by atoms with Gasteiger partial charge in [-0.25, -0.2) is 0 Å². The van der Waals surface area contributed by atoms with E-state index in [0.29, 0.717) is 5.92 Å². The van der Waals surface area contributed by atoms with Gasteiger partial charge in [0.15, 0.2) is 0 Å². The van der Waals surface area contributed by atoms with Gasteiger partial charge in [0.1, 0.15) is 0 Å². The third kappa shape index (κ3) is 1.34. The van der Waals surface area contributed by atoms with Crippen LogP contribution in [0.2, 0.25) is 0 Å². The van der Waals surface area contributed by atoms with Crippen LogP contribution < -0.4 is 0 Å². The minimum atomic E-state index is 0.522. The molecule has 0 amide bonds. The Bertz CT molecular complexity index is 205. The number of nitrogens with zero attached hydrogens (tertiary/aromatic N) is 2. The highest BCUT2D eigenvalue weighted by molar-refractivity contribution is 6.99. The van der Waals surface area contributed by atoms with Crippen molar-refractivity contribution >= 4 is 11.7 Å². The molecule has 0 atom stereocenters. The Hall–Kier alpha value is -0.440. The van der Waals surface area contributed by atoms with Crippen molar-refractivity contribution in [1.29, 1.82) is 0 Å². The lowest BCUT2D eigenvalue weighted by molar-refractivity contribution is 0.812. The maximum absolute atomic E-state index is 4.22. The molecule has 56 valence electrons. The first-order chi connectivity index (χ1) is 4.75. The molecular formula is C7H12N2S. The maximum atomic E-state index is 4.22. The van der Waals surface area contributed by atoms with Gasteiger partial charge in [0.25, 0.3) is 0 Å². The second kappa shape index (κ2) is 3.10. The third-order valence-corrected chi connectivity index (χ3v) is 2.05. The van der Waals surface area contributed by atoms with E-state index in [4.69, 9.17) is 0 Å². The Balaban J connectivity index is 2.90. The van der Waals surface area contributed by atoms with Crippen molar-refractivity contribution in [2.45, 2.75) is 33.1 Å². The Kier molecular flexibility index (Phi) is 2.38. The Morgan fingerprint density at radius 2 is 2.10 bits per heavy atom. The van der Waals surface area contributed by atoms with Gasteiger partial charge in [-0.2, -0.15) is 8.75 Å². The van der Waals surface area contributed by atoms with Crippen molar-refractivity contribution < 1.29 is 0 Å². The molecule has 0 aliphatic carbocycles. The molecule has 0 radical (unpaired) electrons. The zero-order chi connectivity index (χ0) is 7.56. The molecule has 0 saturated carbocycles. The van der Waals surface area contributed by atoms with Crippen molar-refractivity contribution in [3.05, 3.63) is 11.4 Å².